The maximum absolute atomic E-state index is 13.0. The largest absolute Gasteiger partial charge is 0.427 e. The summed E-state index contributed by atoms with van der Waals surface area (Å²) in [7, 11) is 0. The molecule has 0 aromatic heterocycles. The SMILES string of the molecule is CC1(C)CC(OC(=O)c2ccc([N+](=O)[O-])cc2)=C2CC(C)(C)N([O])C2(C)C1. The number of benzene rings is 1. The number of hydrogen-bond acceptors (Lipinski definition) is 5. The molecule has 0 bridgehead atoms. The van der Waals surface area contributed by atoms with E-state index in [1.807, 2.05) is 20.8 Å². The van der Waals surface area contributed by atoms with Crippen LogP contribution in [0.2, 0.25) is 0 Å². The van der Waals surface area contributed by atoms with E-state index in [0.717, 1.165) is 10.6 Å². The van der Waals surface area contributed by atoms with E-state index in [2.05, 4.69) is 13.8 Å². The van der Waals surface area contributed by atoms with Crippen LogP contribution >= 0.6 is 0 Å². The van der Waals surface area contributed by atoms with Crippen molar-refractivity contribution in [2.45, 2.75) is 65.0 Å². The van der Waals surface area contributed by atoms with Crippen molar-refractivity contribution < 1.29 is 19.7 Å². The molecule has 0 N–H and O–H groups in total. The smallest absolute Gasteiger partial charge is 0.343 e. The van der Waals surface area contributed by atoms with Crippen LogP contribution in [0.4, 0.5) is 5.69 Å². The van der Waals surface area contributed by atoms with Crippen molar-refractivity contribution in [2.24, 2.45) is 5.41 Å². The number of esters is 1. The number of nitro groups is 1. The highest BCUT2D eigenvalue weighted by molar-refractivity contribution is 5.90. The summed E-state index contributed by atoms with van der Waals surface area (Å²) in [5.74, 6) is -0.00173. The highest BCUT2D eigenvalue weighted by Crippen LogP contribution is 2.55. The minimum absolute atomic E-state index is 0.0838. The number of non-ortho nitro benzene ring substituents is 1. The summed E-state index contributed by atoms with van der Waals surface area (Å²) >= 11 is 0. The van der Waals surface area contributed by atoms with Crippen molar-refractivity contribution in [1.29, 1.82) is 0 Å². The summed E-state index contributed by atoms with van der Waals surface area (Å²) in [6.07, 6.45) is 1.81. The second kappa shape index (κ2) is 6.14. The maximum Gasteiger partial charge on any atom is 0.343 e. The lowest BCUT2D eigenvalue weighted by molar-refractivity contribution is -0.384. The van der Waals surface area contributed by atoms with Gasteiger partial charge in [-0.1, -0.05) is 13.8 Å². The summed E-state index contributed by atoms with van der Waals surface area (Å²) in [4.78, 5) is 22.9. The van der Waals surface area contributed by atoms with E-state index in [4.69, 9.17) is 4.74 Å². The van der Waals surface area contributed by atoms with Gasteiger partial charge in [0.25, 0.3) is 5.69 Å². The highest BCUT2D eigenvalue weighted by atomic mass is 16.6. The van der Waals surface area contributed by atoms with Gasteiger partial charge in [-0.05, 0) is 56.7 Å². The average molecular weight is 373 g/mol. The zero-order chi connectivity index (χ0) is 20.2. The summed E-state index contributed by atoms with van der Waals surface area (Å²) in [5, 5.41) is 24.9. The molecule has 1 heterocycles. The summed E-state index contributed by atoms with van der Waals surface area (Å²) in [5.41, 5.74) is -0.398. The number of hydrogen-bond donors (Lipinski definition) is 0. The molecule has 1 fully saturated rings. The Labute approximate surface area is 158 Å². The first-order valence-electron chi connectivity index (χ1n) is 9.02. The fraction of sp³-hybridized carbons (Fsp3) is 0.550. The average Bonchev–Trinajstić information content (AvgIpc) is 2.74. The van der Waals surface area contributed by atoms with Gasteiger partial charge in [-0.25, -0.2) is 4.79 Å². The van der Waals surface area contributed by atoms with Crippen molar-refractivity contribution in [1.82, 2.24) is 5.06 Å². The van der Waals surface area contributed by atoms with E-state index in [9.17, 15) is 20.1 Å². The van der Waals surface area contributed by atoms with Gasteiger partial charge in [0.1, 0.15) is 5.76 Å². The Morgan fingerprint density at radius 3 is 2.26 bits per heavy atom. The number of hydroxylamine groups is 2. The minimum atomic E-state index is -0.698. The first-order chi connectivity index (χ1) is 12.4. The molecule has 145 valence electrons. The highest BCUT2D eigenvalue weighted by Gasteiger charge is 2.57. The third-order valence-electron chi connectivity index (χ3n) is 5.59. The standard InChI is InChI=1S/C20H25N2O5/c1-18(2)11-16(15-10-19(3,4)22(26)20(15,5)12-18)27-17(23)13-6-8-14(9-7-13)21(24)25/h6-9H,10-12H2,1-5H3. The van der Waals surface area contributed by atoms with Crippen LogP contribution in [0, 0.1) is 15.5 Å². The monoisotopic (exact) mass is 373 g/mol. The van der Waals surface area contributed by atoms with Crippen LogP contribution in [0.25, 0.3) is 0 Å². The van der Waals surface area contributed by atoms with Gasteiger partial charge in [0.05, 0.1) is 16.0 Å². The van der Waals surface area contributed by atoms with E-state index in [1.165, 1.54) is 24.3 Å². The molecule has 1 saturated heterocycles. The number of nitrogens with zero attached hydrogens (tertiary/aromatic N) is 2. The normalized spacial score (nSPS) is 26.6. The molecular formula is C20H25N2O5. The third kappa shape index (κ3) is 3.37. The zero-order valence-electron chi connectivity index (χ0n) is 16.4. The topological polar surface area (TPSA) is 92.6 Å². The van der Waals surface area contributed by atoms with E-state index in [0.29, 0.717) is 25.0 Å². The number of rotatable bonds is 3. The fourth-order valence-corrected chi connectivity index (χ4v) is 4.59. The molecule has 3 rings (SSSR count). The number of ether oxygens (including phenoxy) is 1. The van der Waals surface area contributed by atoms with Gasteiger partial charge in [0, 0.05) is 24.1 Å². The van der Waals surface area contributed by atoms with E-state index in [1.54, 1.807) is 0 Å². The molecule has 1 aromatic carbocycles. The van der Waals surface area contributed by atoms with Crippen molar-refractivity contribution in [2.75, 3.05) is 0 Å². The van der Waals surface area contributed by atoms with Gasteiger partial charge in [-0.15, -0.1) is 10.3 Å². The van der Waals surface area contributed by atoms with Gasteiger partial charge >= 0.3 is 5.97 Å². The minimum Gasteiger partial charge on any atom is -0.427 e. The number of allylic oxidation sites excluding steroid dienone is 1. The molecule has 1 aliphatic heterocycles. The lowest BCUT2D eigenvalue weighted by Crippen LogP contribution is -2.50. The van der Waals surface area contributed by atoms with Gasteiger partial charge < -0.3 is 4.74 Å². The Hall–Kier alpha value is -2.25. The lowest BCUT2D eigenvalue weighted by atomic mass is 9.68. The molecule has 0 spiro atoms. The van der Waals surface area contributed by atoms with Crippen LogP contribution in [-0.2, 0) is 9.94 Å². The molecule has 1 unspecified atom stereocenters. The van der Waals surface area contributed by atoms with E-state index >= 15 is 0 Å². The lowest BCUT2D eigenvalue weighted by Gasteiger charge is -2.44. The summed E-state index contributed by atoms with van der Waals surface area (Å²) in [6, 6.07) is 5.33. The molecule has 27 heavy (non-hydrogen) atoms. The molecule has 1 atom stereocenters. The van der Waals surface area contributed by atoms with Crippen LogP contribution in [0.3, 0.4) is 0 Å². The van der Waals surface area contributed by atoms with Gasteiger partial charge in [-0.2, -0.15) is 0 Å². The molecule has 1 aliphatic carbocycles. The molecule has 1 radical (unpaired) electrons. The Balaban J connectivity index is 1.94. The molecular weight excluding hydrogens is 348 g/mol. The Kier molecular flexibility index (Phi) is 4.44. The van der Waals surface area contributed by atoms with Crippen LogP contribution in [-0.4, -0.2) is 27.0 Å². The second-order valence-corrected chi connectivity index (χ2v) is 9.17. The van der Waals surface area contributed by atoms with Crippen LogP contribution in [0.15, 0.2) is 35.6 Å². The van der Waals surface area contributed by atoms with Crippen molar-refractivity contribution in [3.05, 3.63) is 51.3 Å². The molecule has 1 aromatic rings. The number of carbonyl (C=O) groups is 1. The van der Waals surface area contributed by atoms with E-state index in [-0.39, 0.29) is 16.7 Å². The van der Waals surface area contributed by atoms with Crippen LogP contribution in [0.1, 0.15) is 64.2 Å². The third-order valence-corrected chi connectivity index (χ3v) is 5.59. The Bertz CT molecular complexity index is 825. The van der Waals surface area contributed by atoms with Crippen LogP contribution in [0.5, 0.6) is 0 Å². The number of carbonyl (C=O) groups excluding carboxylic acids is 1. The zero-order valence-corrected chi connectivity index (χ0v) is 16.4. The van der Waals surface area contributed by atoms with Crippen molar-refractivity contribution in [3.8, 4) is 0 Å². The van der Waals surface area contributed by atoms with Gasteiger partial charge in [0.15, 0.2) is 0 Å². The first kappa shape index (κ1) is 19.5. The molecule has 0 saturated carbocycles. The summed E-state index contributed by atoms with van der Waals surface area (Å²) < 4.78 is 5.74. The Morgan fingerprint density at radius 1 is 1.11 bits per heavy atom. The van der Waals surface area contributed by atoms with Gasteiger partial charge in [-0.3, -0.25) is 10.1 Å². The number of nitro benzene ring substituents is 1. The fourth-order valence-electron chi connectivity index (χ4n) is 4.59. The van der Waals surface area contributed by atoms with Gasteiger partial charge in [0.2, 0.25) is 0 Å². The molecule has 2 aliphatic rings. The predicted molar refractivity (Wildman–Crippen MR) is 98.2 cm³/mol. The van der Waals surface area contributed by atoms with Crippen molar-refractivity contribution in [3.63, 3.8) is 0 Å². The second-order valence-electron chi connectivity index (χ2n) is 9.17. The molecule has 0 amide bonds. The van der Waals surface area contributed by atoms with Crippen LogP contribution < -0.4 is 0 Å². The Morgan fingerprint density at radius 2 is 1.70 bits per heavy atom. The quantitative estimate of drug-likeness (QED) is 0.444. The number of fused-ring (bicyclic) bond motifs is 1. The first-order valence-corrected chi connectivity index (χ1v) is 9.02. The predicted octanol–water partition coefficient (Wildman–Crippen LogP) is 4.41. The van der Waals surface area contributed by atoms with E-state index < -0.39 is 22.0 Å². The maximum atomic E-state index is 13.0. The summed E-state index contributed by atoms with van der Waals surface area (Å²) in [6.45, 7) is 9.85. The van der Waals surface area contributed by atoms with Crippen molar-refractivity contribution >= 4 is 11.7 Å². The molecule has 7 nitrogen and oxygen atoms in total. The molecule has 7 heteroatoms.